The van der Waals surface area contributed by atoms with Gasteiger partial charge in [-0.2, -0.15) is 32.3 Å². The van der Waals surface area contributed by atoms with Crippen molar-refractivity contribution >= 4 is 115 Å². The molecular weight excluding hydrogens is 1840 g/mol. The second-order valence-corrected chi connectivity index (χ2v) is 37.9. The van der Waals surface area contributed by atoms with Crippen LogP contribution in [0.5, 0.6) is 0 Å². The van der Waals surface area contributed by atoms with E-state index < -0.39 is 10.8 Å². The SMILES string of the molecule is C.CC1(C)OB(c2ccc(-c3ccc4c(c3)sc3ccccc34)cc2)OC1(C)C.Clc1nc(-c2ccc(-c3ccccc3)cc2)nc(-c2cccc3c2-c2ccccc2C3(c2ccccc2)c2ccccc2)n1.[B]I.c1ccc(-c2ccc(-c3nc(-c4ccc(-c5ccc6c(c5)sc5ccccc56)cc4)nc(-c4cccc5c4-c4ccccc4C5(c4ccccc4)c4ccccc4)n3)cc2)cc1. The zero-order valence-corrected chi connectivity index (χ0v) is 79.5. The Bertz CT molecular complexity index is 8090. The highest BCUT2D eigenvalue weighted by Crippen LogP contribution is 2.60. The summed E-state index contributed by atoms with van der Waals surface area (Å²) in [6, 6.07) is 160. The summed E-state index contributed by atoms with van der Waals surface area (Å²) in [5, 5.41) is 5.44. The monoisotopic (exact) mass is 1930 g/mol. The molecule has 14 heteroatoms. The summed E-state index contributed by atoms with van der Waals surface area (Å²) >= 11 is 12.0. The van der Waals surface area contributed by atoms with Crippen LogP contribution in [-0.4, -0.2) is 53.9 Å². The number of aromatic nitrogens is 6. The molecule has 0 saturated carbocycles. The highest BCUT2D eigenvalue weighted by molar-refractivity contribution is 14.1. The van der Waals surface area contributed by atoms with Gasteiger partial charge in [0.05, 0.1) is 22.0 Å². The van der Waals surface area contributed by atoms with E-state index in [4.69, 9.17) is 40.8 Å². The third-order valence-electron chi connectivity index (χ3n) is 27.2. The van der Waals surface area contributed by atoms with Gasteiger partial charge in [-0.3, -0.25) is 0 Å². The molecule has 25 rings (SSSR count). The highest BCUT2D eigenvalue weighted by atomic mass is 127. The fourth-order valence-electron chi connectivity index (χ4n) is 20.0. The van der Waals surface area contributed by atoms with Crippen LogP contribution >= 0.6 is 56.6 Å². The Balaban J connectivity index is 0.000000130. The lowest BCUT2D eigenvalue weighted by Crippen LogP contribution is -2.41. The van der Waals surface area contributed by atoms with Gasteiger partial charge in [-0.1, -0.05) is 432 Å². The first-order valence-electron chi connectivity index (χ1n) is 45.6. The van der Waals surface area contributed by atoms with Crippen LogP contribution in [0.3, 0.4) is 0 Å². The van der Waals surface area contributed by atoms with Crippen molar-refractivity contribution in [3.8, 4) is 124 Å². The summed E-state index contributed by atoms with van der Waals surface area (Å²) in [6.45, 7) is 8.34. The van der Waals surface area contributed by atoms with Gasteiger partial charge < -0.3 is 9.31 Å². The predicted molar refractivity (Wildman–Crippen MR) is 583 cm³/mol. The summed E-state index contributed by atoms with van der Waals surface area (Å²) in [5.74, 6) is 2.99. The van der Waals surface area contributed by atoms with E-state index >= 15 is 0 Å². The molecule has 0 spiro atoms. The van der Waals surface area contributed by atoms with Crippen molar-refractivity contribution in [1.29, 1.82) is 0 Å². The van der Waals surface area contributed by atoms with Crippen LogP contribution in [0.25, 0.3) is 164 Å². The first-order chi connectivity index (χ1) is 66.8. The molecule has 1 fully saturated rings. The van der Waals surface area contributed by atoms with Crippen molar-refractivity contribution < 1.29 is 9.31 Å². The fraction of sp³-hybridized carbons (Fsp3) is 0.0732. The first kappa shape index (κ1) is 89.0. The molecule has 137 heavy (non-hydrogen) atoms. The molecule has 8 nitrogen and oxygen atoms in total. The molecule has 656 valence electrons. The van der Waals surface area contributed by atoms with Crippen LogP contribution in [0.2, 0.25) is 5.28 Å². The molecule has 0 atom stereocenters. The molecule has 4 aromatic heterocycles. The lowest BCUT2D eigenvalue weighted by molar-refractivity contribution is 0.00578. The van der Waals surface area contributed by atoms with E-state index in [1.807, 2.05) is 59.1 Å². The molecule has 0 N–H and O–H groups in total. The van der Waals surface area contributed by atoms with Crippen LogP contribution < -0.4 is 5.46 Å². The van der Waals surface area contributed by atoms with Crippen molar-refractivity contribution in [2.45, 2.75) is 57.2 Å². The van der Waals surface area contributed by atoms with Crippen molar-refractivity contribution in [3.63, 3.8) is 0 Å². The number of thiophene rings is 2. The van der Waals surface area contributed by atoms with E-state index in [1.165, 1.54) is 113 Å². The minimum absolute atomic E-state index is 0. The molecule has 1 saturated heterocycles. The third kappa shape index (κ3) is 16.3. The first-order valence-corrected chi connectivity index (χ1v) is 48.9. The molecule has 3 aliphatic rings. The number of hydrogen-bond acceptors (Lipinski definition) is 10. The second kappa shape index (κ2) is 37.6. The zero-order valence-electron chi connectivity index (χ0n) is 75.0. The summed E-state index contributed by atoms with van der Waals surface area (Å²) in [7, 11) is -0.316. The Morgan fingerprint density at radius 3 is 0.898 bits per heavy atom. The number of rotatable bonds is 14. The summed E-state index contributed by atoms with van der Waals surface area (Å²) < 4.78 is 17.6. The van der Waals surface area contributed by atoms with Gasteiger partial charge in [0.25, 0.3) is 0 Å². The van der Waals surface area contributed by atoms with Gasteiger partial charge in [0.1, 0.15) is 0 Å². The van der Waals surface area contributed by atoms with Crippen LogP contribution in [0.1, 0.15) is 79.6 Å². The lowest BCUT2D eigenvalue weighted by atomic mass is 9.67. The maximum atomic E-state index is 6.61. The molecule has 22 aromatic rings. The van der Waals surface area contributed by atoms with Crippen LogP contribution in [-0.2, 0) is 20.1 Å². The number of fused-ring (bicyclic) bond motifs is 12. The molecule has 0 bridgehead atoms. The average molecular weight is 1930 g/mol. The van der Waals surface area contributed by atoms with E-state index in [9.17, 15) is 0 Å². The van der Waals surface area contributed by atoms with Gasteiger partial charge in [-0.05, 0) is 180 Å². The third-order valence-corrected chi connectivity index (χ3v) is 29.6. The quantitative estimate of drug-likeness (QED) is 0.0785. The Kier molecular flexibility index (Phi) is 24.5. The van der Waals surface area contributed by atoms with Gasteiger partial charge >= 0.3 is 7.12 Å². The van der Waals surface area contributed by atoms with Gasteiger partial charge in [0.2, 0.25) is 5.28 Å². The molecule has 0 amide bonds. The average Bonchev–Trinajstić information content (AvgIpc) is 1.54. The normalized spacial score (nSPS) is 13.6. The van der Waals surface area contributed by atoms with Crippen LogP contribution in [0.4, 0.5) is 0 Å². The van der Waals surface area contributed by atoms with Crippen molar-refractivity contribution in [1.82, 2.24) is 29.9 Å². The van der Waals surface area contributed by atoms with Crippen molar-refractivity contribution in [3.05, 3.63) is 499 Å². The molecule has 18 aromatic carbocycles. The Morgan fingerprint density at radius 1 is 0.248 bits per heavy atom. The fourth-order valence-corrected chi connectivity index (χ4v) is 22.5. The zero-order chi connectivity index (χ0) is 92.1. The van der Waals surface area contributed by atoms with E-state index in [0.29, 0.717) is 29.1 Å². The van der Waals surface area contributed by atoms with Crippen LogP contribution in [0.15, 0.2) is 449 Å². The highest BCUT2D eigenvalue weighted by Gasteiger charge is 2.53. The number of benzene rings is 18. The molecule has 2 radical (unpaired) electrons. The van der Waals surface area contributed by atoms with E-state index in [-0.39, 0.29) is 31.0 Å². The van der Waals surface area contributed by atoms with E-state index in [0.717, 1.165) is 72.2 Å². The van der Waals surface area contributed by atoms with Crippen LogP contribution in [0, 0.1) is 0 Å². The van der Waals surface area contributed by atoms with Gasteiger partial charge in [-0.15, -0.1) is 22.7 Å². The maximum absolute atomic E-state index is 6.61. The summed E-state index contributed by atoms with van der Waals surface area (Å²) in [4.78, 5) is 30.1. The molecular formula is C123H90B2ClIN6O2S2. The van der Waals surface area contributed by atoms with Gasteiger partial charge in [0.15, 0.2) is 34.8 Å². The molecule has 1 aliphatic heterocycles. The Labute approximate surface area is 827 Å². The van der Waals surface area contributed by atoms with Gasteiger partial charge in [0, 0.05) is 68.2 Å². The molecule has 5 heterocycles. The number of halogens is 2. The Hall–Kier alpha value is -14.5. The summed E-state index contributed by atoms with van der Waals surface area (Å²) in [5.41, 5.74) is 32.2. The maximum Gasteiger partial charge on any atom is 0.494 e. The predicted octanol–water partition coefficient (Wildman–Crippen LogP) is 32.0. The van der Waals surface area contributed by atoms with E-state index in [2.05, 4.69) is 456 Å². The molecule has 2 aliphatic carbocycles. The lowest BCUT2D eigenvalue weighted by Gasteiger charge is -2.33. The van der Waals surface area contributed by atoms with Crippen molar-refractivity contribution in [2.24, 2.45) is 0 Å². The standard InChI is InChI=1S/C58H37N3S.C40H26ClN3.C24H23BO2S.CH4.BI/c1-4-15-38(16-5-1)39-27-31-41(32-28-39)55-59-56(42-33-29-40(30-34-42)43-35-36-47-46-21-11-13-26-52(46)62-53(47)37-43)61-57(60-55)49-23-14-25-51-54(49)48-22-10-12-24-50(48)58(51,44-17-6-2-7-18-44)45-19-8-3-9-20-45;41-39-43-37(29-25-23-28(24-26-29)27-13-4-1-5-14-27)42-38(44-39)33-20-12-22-35-36(33)32-19-10-11-21-34(32)40(35,30-15-6-2-7-16-30)31-17-8-3-9-18-31;1-23(2)24(3,4)27-25(26-23)18-12-9-16(10-13-18)17-11-14-20-19-7-5-6-8-21(19)28-22(20)15-17;;1-2/h1-37H;1-26H;5-15H,1-4H3;1H4;. The van der Waals surface area contributed by atoms with Crippen molar-refractivity contribution in [2.75, 3.05) is 0 Å². The minimum Gasteiger partial charge on any atom is -0.399 e. The minimum atomic E-state index is -0.537. The van der Waals surface area contributed by atoms with Gasteiger partial charge in [-0.25, -0.2) is 19.9 Å². The topological polar surface area (TPSA) is 95.8 Å². The van der Waals surface area contributed by atoms with E-state index in [1.54, 1.807) is 22.4 Å². The largest absolute Gasteiger partial charge is 0.494 e. The smallest absolute Gasteiger partial charge is 0.399 e. The Morgan fingerprint density at radius 2 is 0.511 bits per heavy atom. The second-order valence-electron chi connectivity index (χ2n) is 35.4. The number of nitrogens with zero attached hydrogens (tertiary/aromatic N) is 6. The number of hydrogen-bond donors (Lipinski definition) is 0. The summed E-state index contributed by atoms with van der Waals surface area (Å²) in [6.07, 6.45) is 0. The molecule has 0 unspecified atom stereocenters.